The Morgan fingerprint density at radius 2 is 1.09 bits per heavy atom. The summed E-state index contributed by atoms with van der Waals surface area (Å²) >= 11 is 0. The highest BCUT2D eigenvalue weighted by molar-refractivity contribution is 8.77. The van der Waals surface area contributed by atoms with Crippen molar-refractivity contribution in [3.8, 4) is 11.5 Å². The Morgan fingerprint density at radius 1 is 0.569 bits per heavy atom. The number of primary amides is 1. The fourth-order valence-electron chi connectivity index (χ4n) is 10.8. The van der Waals surface area contributed by atoms with Gasteiger partial charge in [0.05, 0.1) is 31.8 Å². The molecule has 5 heterocycles. The summed E-state index contributed by atoms with van der Waals surface area (Å²) in [5.74, 6) is -20.6. The van der Waals surface area contributed by atoms with Crippen molar-refractivity contribution < 1.29 is 102 Å². The summed E-state index contributed by atoms with van der Waals surface area (Å²) in [4.78, 5) is 229. The van der Waals surface area contributed by atoms with Crippen LogP contribution in [0.25, 0.3) is 0 Å². The van der Waals surface area contributed by atoms with E-state index >= 15 is 9.59 Å². The second kappa shape index (κ2) is 38.7. The minimum Gasteiger partial charge on any atom is -0.508 e. The summed E-state index contributed by atoms with van der Waals surface area (Å²) in [5.41, 5.74) is 6.29. The van der Waals surface area contributed by atoms with Gasteiger partial charge in [-0.2, -0.15) is 0 Å². The van der Waals surface area contributed by atoms with Crippen molar-refractivity contribution in [2.45, 2.75) is 143 Å². The highest BCUT2D eigenvalue weighted by atomic mass is 33.1. The number of hydrogen-bond acceptors (Lipinski definition) is 26. The number of amides is 14. The second-order valence-corrected chi connectivity index (χ2v) is 31.7. The average Bonchev–Trinajstić information content (AvgIpc) is 1.62. The van der Waals surface area contributed by atoms with Gasteiger partial charge in [-0.25, -0.2) is 4.79 Å². The summed E-state index contributed by atoms with van der Waals surface area (Å²) in [7, 11) is 5.10. The predicted octanol–water partition coefficient (Wildman–Crippen LogP) is -5.62. The first-order valence-corrected chi connectivity index (χ1v) is 39.3. The standard InChI is InChI=1S/C60H79N15O21S6/c1-27-48(83)70-40-23-100-102-25-43-56(91)66-33(13-14-46(81)82)49(84)67-34(16-29-5-9-31(77)10-6-29)50(85)71-39(22-98-97-20-37(65-45(80)19-62-57(92)47(28(2)76)73-54(40)89)51(86)69-36(60(95)96)17-30-7-11-32(78)12-8-30)53(88)72-38(21-99-101-24-41-59(94)75(43)26-63-41)52(87)68-35(18-44(61)79)58(93)74-15-3-4-42(74)55(90)64-27/h5-12,27-28,33-43,47,63,76-78H,3-4,13-26H2,1-2H3,(H2,61,79)(H,62,92)(H,64,90)(H,65,80)(H,66,91)(H,67,84)(H,68,87)(H,69,86)(H,70,83)(H,71,85)(H,72,88)(H,73,89)(H,81,82)(H,95,96)/t27-,28+,33-,34-,35-,36-,37-,38-,39-,40-,41-,42-,43-,47-/m0/s1. The first-order valence-electron chi connectivity index (χ1n) is 31.8. The Morgan fingerprint density at radius 3 is 1.69 bits per heavy atom. The quantitative estimate of drug-likeness (QED) is 0.0657. The van der Waals surface area contributed by atoms with Crippen molar-refractivity contribution in [1.82, 2.24) is 73.6 Å². The number of hydrogen-bond donors (Lipinski definition) is 18. The Balaban J connectivity index is 1.40. The molecule has 0 saturated carbocycles. The smallest absolute Gasteiger partial charge is 0.326 e. The SMILES string of the molecule is C[C@@H]1NC(=O)[C@@H]2CCCN2C(=O)[C@H](CC(N)=O)NC(=O)[C@@H]2CSSC[C@@H]3NCN(C3=O)[C@H]3CSSC[C@H](NC1=O)C(=O)N[C@@H]([C@@H](C)O)C(=O)NCC(=O)N[C@H](C(=O)N[C@@H](Cc1ccc(O)cc1)C(=O)O)CSSC[C@H](NC(=O)[C@H](Cc1ccc(O)cc1)NC(=O)[C@H](CCC(=O)O)NC3=O)C(=O)N2. The van der Waals surface area contributed by atoms with Gasteiger partial charge >= 0.3 is 11.9 Å². The van der Waals surface area contributed by atoms with Crippen molar-refractivity contribution in [2.24, 2.45) is 5.73 Å². The topological polar surface area (TPSA) is 551 Å². The first kappa shape index (κ1) is 80.9. The number of fused-ring (bicyclic) bond motifs is 17. The summed E-state index contributed by atoms with van der Waals surface area (Å²) in [5, 5.41) is 81.5. The number of nitrogens with one attached hydrogen (secondary N) is 12. The number of benzene rings is 2. The van der Waals surface area contributed by atoms with E-state index in [1.165, 1.54) is 55.5 Å². The fraction of sp³-hybridized carbons (Fsp3) is 0.533. The molecular weight excluding hydrogens is 1460 g/mol. The molecule has 0 radical (unpaired) electrons. The summed E-state index contributed by atoms with van der Waals surface area (Å²) in [6.07, 6.45) is -4.59. The third-order valence-corrected chi connectivity index (χ3v) is 23.6. The molecule has 0 unspecified atom stereocenters. The number of nitrogens with zero attached hydrogens (tertiary/aromatic N) is 2. The van der Waals surface area contributed by atoms with Gasteiger partial charge in [0.25, 0.3) is 0 Å². The zero-order valence-electron chi connectivity index (χ0n) is 54.7. The summed E-state index contributed by atoms with van der Waals surface area (Å²) < 4.78 is 0. The minimum absolute atomic E-state index is 0.000836. The monoisotopic (exact) mass is 1540 g/mol. The van der Waals surface area contributed by atoms with Crippen LogP contribution in [0.1, 0.15) is 57.1 Å². The van der Waals surface area contributed by atoms with Gasteiger partial charge in [-0.15, -0.1) is 0 Å². The fourth-order valence-corrected chi connectivity index (χ4v) is 17.8. The van der Waals surface area contributed by atoms with Crippen molar-refractivity contribution in [1.29, 1.82) is 0 Å². The summed E-state index contributed by atoms with van der Waals surface area (Å²) in [6, 6.07) is -10.9. The molecule has 19 N–H and O–H groups in total. The lowest BCUT2D eigenvalue weighted by Gasteiger charge is -2.30. The van der Waals surface area contributed by atoms with Gasteiger partial charge in [0, 0.05) is 60.3 Å². The molecule has 14 atom stereocenters. The van der Waals surface area contributed by atoms with Gasteiger partial charge in [-0.1, -0.05) is 89.0 Å². The molecule has 0 aliphatic carbocycles. The molecule has 5 fully saturated rings. The van der Waals surface area contributed by atoms with Gasteiger partial charge in [0.1, 0.15) is 84.0 Å². The molecule has 102 heavy (non-hydrogen) atoms. The van der Waals surface area contributed by atoms with Crippen LogP contribution < -0.4 is 69.5 Å². The maximum atomic E-state index is 15.2. The Bertz CT molecular complexity index is 3480. The third kappa shape index (κ3) is 23.8. The van der Waals surface area contributed by atoms with Crippen LogP contribution in [0, 0.1) is 0 Å². The van der Waals surface area contributed by atoms with E-state index in [1.807, 2.05) is 0 Å². The zero-order chi connectivity index (χ0) is 74.5. The molecule has 5 aliphatic heterocycles. The second-order valence-electron chi connectivity index (χ2n) is 24.0. The van der Waals surface area contributed by atoms with E-state index in [0.717, 1.165) is 81.5 Å². The first-order chi connectivity index (χ1) is 48.5. The number of nitrogens with two attached hydrogens (primary N) is 1. The Hall–Kier alpha value is -8.42. The number of aromatic hydroxyl groups is 2. The van der Waals surface area contributed by atoms with E-state index in [9.17, 15) is 92.7 Å². The summed E-state index contributed by atoms with van der Waals surface area (Å²) in [6.45, 7) is 0.907. The van der Waals surface area contributed by atoms with Crippen LogP contribution in [-0.2, 0) is 89.6 Å². The molecule has 14 amide bonds. The highest BCUT2D eigenvalue weighted by Crippen LogP contribution is 2.30. The average molecular weight is 1540 g/mol. The normalized spacial score (nSPS) is 27.7. The van der Waals surface area contributed by atoms with E-state index in [2.05, 4.69) is 63.8 Å². The Kier molecular flexibility index (Phi) is 30.7. The van der Waals surface area contributed by atoms with Crippen LogP contribution in [0.5, 0.6) is 11.5 Å². The van der Waals surface area contributed by atoms with E-state index in [0.29, 0.717) is 5.56 Å². The third-order valence-electron chi connectivity index (χ3n) is 16.3. The molecule has 5 saturated heterocycles. The molecule has 0 spiro atoms. The number of carbonyl (C=O) groups excluding carboxylic acids is 14. The molecule has 2 aromatic carbocycles. The molecule has 6 bridgehead atoms. The lowest BCUT2D eigenvalue weighted by Crippen LogP contribution is -2.61. The van der Waals surface area contributed by atoms with Crippen LogP contribution in [0.2, 0.25) is 0 Å². The number of carbonyl (C=O) groups is 16. The van der Waals surface area contributed by atoms with E-state index in [1.54, 1.807) is 0 Å². The van der Waals surface area contributed by atoms with Crippen LogP contribution in [-0.4, -0.2) is 269 Å². The molecule has 5 aliphatic rings. The largest absolute Gasteiger partial charge is 0.508 e. The molecule has 36 nitrogen and oxygen atoms in total. The molecule has 0 aromatic heterocycles. The van der Waals surface area contributed by atoms with Gasteiger partial charge in [-0.05, 0) is 68.5 Å². The molecule has 2 aromatic rings. The van der Waals surface area contributed by atoms with E-state index < -0.39 is 235 Å². The van der Waals surface area contributed by atoms with E-state index in [-0.39, 0.29) is 61.0 Å². The maximum Gasteiger partial charge on any atom is 0.326 e. The lowest BCUT2D eigenvalue weighted by atomic mass is 10.0. The lowest BCUT2D eigenvalue weighted by molar-refractivity contribution is -0.143. The number of aliphatic hydroxyl groups is 1. The van der Waals surface area contributed by atoms with Crippen LogP contribution in [0.4, 0.5) is 0 Å². The van der Waals surface area contributed by atoms with Crippen molar-refractivity contribution >= 4 is 159 Å². The number of carboxylic acids is 2. The van der Waals surface area contributed by atoms with Crippen LogP contribution >= 0.6 is 64.8 Å². The highest BCUT2D eigenvalue weighted by Gasteiger charge is 2.44. The molecule has 42 heteroatoms. The van der Waals surface area contributed by atoms with Gasteiger partial charge in [0.2, 0.25) is 82.7 Å². The minimum atomic E-state index is -1.92. The van der Waals surface area contributed by atoms with Crippen molar-refractivity contribution in [2.75, 3.05) is 54.3 Å². The molecular formula is C60H79N15O21S6. The predicted molar refractivity (Wildman–Crippen MR) is 374 cm³/mol. The number of aliphatic hydroxyl groups excluding tert-OH is 1. The number of phenolic OH excluding ortho intramolecular Hbond substituents is 2. The zero-order valence-corrected chi connectivity index (χ0v) is 59.6. The number of aliphatic carboxylic acids is 2. The van der Waals surface area contributed by atoms with Crippen molar-refractivity contribution in [3.63, 3.8) is 0 Å². The number of phenols is 2. The maximum absolute atomic E-state index is 15.2. The molecule has 7 rings (SSSR count). The van der Waals surface area contributed by atoms with Gasteiger partial charge in [0.15, 0.2) is 0 Å². The van der Waals surface area contributed by atoms with Gasteiger partial charge < -0.3 is 99.6 Å². The molecule has 556 valence electrons. The Labute approximate surface area is 606 Å². The van der Waals surface area contributed by atoms with Crippen LogP contribution in [0.3, 0.4) is 0 Å². The number of rotatable bonds is 13. The van der Waals surface area contributed by atoms with Gasteiger partial charge in [-0.3, -0.25) is 77.2 Å². The van der Waals surface area contributed by atoms with Crippen molar-refractivity contribution in [3.05, 3.63) is 59.7 Å². The van der Waals surface area contributed by atoms with E-state index in [4.69, 9.17) is 5.73 Å². The van der Waals surface area contributed by atoms with Crippen LogP contribution in [0.15, 0.2) is 48.5 Å². The number of carboxylic acid groups (broad SMARTS) is 2.